The lowest BCUT2D eigenvalue weighted by Gasteiger charge is -2.05. The molecule has 0 aromatic carbocycles. The van der Waals surface area contributed by atoms with E-state index in [9.17, 15) is 9.90 Å². The van der Waals surface area contributed by atoms with Crippen molar-refractivity contribution >= 4 is 5.91 Å². The van der Waals surface area contributed by atoms with Crippen LogP contribution < -0.4 is 5.73 Å². The van der Waals surface area contributed by atoms with E-state index < -0.39 is 12.0 Å². The first-order chi connectivity index (χ1) is 9.68. The number of hydrogen-bond acceptors (Lipinski definition) is 2. The van der Waals surface area contributed by atoms with Gasteiger partial charge in [-0.2, -0.15) is 0 Å². The standard InChI is InChI=1S/C17H33NO2/c1-2-3-4-5-6-7-8-9-10-11-12-13-14-15-16(19)17(18)20/h8-9,16,19H,2-7,10-15H2,1H3,(H2,18,20). The molecule has 0 fully saturated rings. The van der Waals surface area contributed by atoms with Gasteiger partial charge in [0.2, 0.25) is 5.91 Å². The first-order valence-corrected chi connectivity index (χ1v) is 8.30. The van der Waals surface area contributed by atoms with Gasteiger partial charge in [0.25, 0.3) is 0 Å². The van der Waals surface area contributed by atoms with Crippen molar-refractivity contribution in [2.45, 2.75) is 90.1 Å². The van der Waals surface area contributed by atoms with Gasteiger partial charge in [0.1, 0.15) is 6.10 Å². The molecule has 0 saturated heterocycles. The Bertz CT molecular complexity index is 251. The average molecular weight is 283 g/mol. The molecular formula is C17H33NO2. The second kappa shape index (κ2) is 14.6. The summed E-state index contributed by atoms with van der Waals surface area (Å²) < 4.78 is 0. The molecule has 118 valence electrons. The molecule has 0 radical (unpaired) electrons. The Morgan fingerprint density at radius 1 is 0.950 bits per heavy atom. The average Bonchev–Trinajstić information content (AvgIpc) is 2.43. The maximum absolute atomic E-state index is 10.6. The monoisotopic (exact) mass is 283 g/mol. The number of carbonyl (C=O) groups is 1. The molecule has 3 N–H and O–H groups in total. The molecule has 0 aliphatic heterocycles. The first kappa shape index (κ1) is 19.2. The van der Waals surface area contributed by atoms with E-state index in [1.807, 2.05) is 0 Å². The molecule has 0 heterocycles. The highest BCUT2D eigenvalue weighted by Gasteiger charge is 2.08. The molecule has 0 aliphatic rings. The number of rotatable bonds is 14. The third-order valence-corrected chi connectivity index (χ3v) is 3.57. The van der Waals surface area contributed by atoms with Crippen LogP contribution in [0, 0.1) is 0 Å². The Morgan fingerprint density at radius 3 is 1.95 bits per heavy atom. The summed E-state index contributed by atoms with van der Waals surface area (Å²) >= 11 is 0. The van der Waals surface area contributed by atoms with Gasteiger partial charge in [-0.15, -0.1) is 0 Å². The van der Waals surface area contributed by atoms with Gasteiger partial charge >= 0.3 is 0 Å². The number of aliphatic hydroxyl groups is 1. The minimum Gasteiger partial charge on any atom is -0.383 e. The van der Waals surface area contributed by atoms with Crippen molar-refractivity contribution in [1.82, 2.24) is 0 Å². The number of unbranched alkanes of at least 4 members (excludes halogenated alkanes) is 9. The number of allylic oxidation sites excluding steroid dienone is 2. The van der Waals surface area contributed by atoms with Crippen molar-refractivity contribution in [1.29, 1.82) is 0 Å². The van der Waals surface area contributed by atoms with Crippen LogP contribution in [0.2, 0.25) is 0 Å². The largest absolute Gasteiger partial charge is 0.383 e. The number of nitrogens with two attached hydrogens (primary N) is 1. The van der Waals surface area contributed by atoms with Gasteiger partial charge in [0, 0.05) is 0 Å². The van der Waals surface area contributed by atoms with Crippen molar-refractivity contribution in [3.63, 3.8) is 0 Å². The molecular weight excluding hydrogens is 250 g/mol. The SMILES string of the molecule is CCCCCCCC=CCCCCCCC(O)C(N)=O. The van der Waals surface area contributed by atoms with Crippen LogP contribution in [0.3, 0.4) is 0 Å². The topological polar surface area (TPSA) is 63.3 Å². The summed E-state index contributed by atoms with van der Waals surface area (Å²) in [5.41, 5.74) is 4.99. The van der Waals surface area contributed by atoms with Crippen LogP contribution in [0.4, 0.5) is 0 Å². The van der Waals surface area contributed by atoms with Gasteiger partial charge in [-0.1, -0.05) is 64.0 Å². The van der Waals surface area contributed by atoms with Gasteiger partial charge in [-0.25, -0.2) is 0 Å². The minimum atomic E-state index is -0.956. The quantitative estimate of drug-likeness (QED) is 0.372. The predicted molar refractivity (Wildman–Crippen MR) is 85.4 cm³/mol. The van der Waals surface area contributed by atoms with Gasteiger partial charge in [-0.3, -0.25) is 4.79 Å². The van der Waals surface area contributed by atoms with E-state index in [4.69, 9.17) is 5.73 Å². The van der Waals surface area contributed by atoms with Crippen LogP contribution in [0.1, 0.15) is 84.0 Å². The van der Waals surface area contributed by atoms with Crippen LogP contribution in [0.15, 0.2) is 12.2 Å². The smallest absolute Gasteiger partial charge is 0.246 e. The second-order valence-electron chi connectivity index (χ2n) is 5.58. The van der Waals surface area contributed by atoms with Crippen LogP contribution in [-0.4, -0.2) is 17.1 Å². The predicted octanol–water partition coefficient (Wildman–Crippen LogP) is 4.09. The third kappa shape index (κ3) is 13.6. The lowest BCUT2D eigenvalue weighted by molar-refractivity contribution is -0.126. The van der Waals surface area contributed by atoms with E-state index in [0.717, 1.165) is 25.7 Å². The molecule has 0 rings (SSSR count). The molecule has 0 aromatic heterocycles. The summed E-state index contributed by atoms with van der Waals surface area (Å²) in [6, 6.07) is 0. The van der Waals surface area contributed by atoms with Crippen molar-refractivity contribution in [3.8, 4) is 0 Å². The summed E-state index contributed by atoms with van der Waals surface area (Å²) in [5.74, 6) is -0.605. The van der Waals surface area contributed by atoms with Crippen molar-refractivity contribution in [2.24, 2.45) is 5.73 Å². The highest BCUT2D eigenvalue weighted by atomic mass is 16.3. The fourth-order valence-corrected chi connectivity index (χ4v) is 2.20. The van der Waals surface area contributed by atoms with E-state index in [2.05, 4.69) is 19.1 Å². The van der Waals surface area contributed by atoms with E-state index in [1.54, 1.807) is 0 Å². The van der Waals surface area contributed by atoms with Crippen molar-refractivity contribution < 1.29 is 9.90 Å². The fourth-order valence-electron chi connectivity index (χ4n) is 2.20. The number of hydrogen-bond donors (Lipinski definition) is 2. The molecule has 1 unspecified atom stereocenters. The zero-order valence-corrected chi connectivity index (χ0v) is 13.2. The van der Waals surface area contributed by atoms with Crippen LogP contribution >= 0.6 is 0 Å². The number of primary amides is 1. The Morgan fingerprint density at radius 2 is 1.45 bits per heavy atom. The molecule has 0 bridgehead atoms. The Kier molecular flexibility index (Phi) is 14.0. The van der Waals surface area contributed by atoms with Crippen LogP contribution in [-0.2, 0) is 4.79 Å². The molecule has 0 aliphatic carbocycles. The Hall–Kier alpha value is -0.830. The number of aliphatic hydroxyl groups excluding tert-OH is 1. The van der Waals surface area contributed by atoms with Crippen LogP contribution in [0.5, 0.6) is 0 Å². The molecule has 0 aromatic rings. The molecule has 3 heteroatoms. The summed E-state index contributed by atoms with van der Waals surface area (Å²) in [5, 5.41) is 9.22. The zero-order valence-electron chi connectivity index (χ0n) is 13.2. The van der Waals surface area contributed by atoms with Gasteiger partial charge in [0.05, 0.1) is 0 Å². The summed E-state index contributed by atoms with van der Waals surface area (Å²) in [6.07, 6.45) is 17.5. The van der Waals surface area contributed by atoms with Crippen LogP contribution in [0.25, 0.3) is 0 Å². The second-order valence-corrected chi connectivity index (χ2v) is 5.58. The van der Waals surface area contributed by atoms with Crippen molar-refractivity contribution in [2.75, 3.05) is 0 Å². The Balaban J connectivity index is 3.17. The normalized spacial score (nSPS) is 12.9. The highest BCUT2D eigenvalue weighted by Crippen LogP contribution is 2.09. The van der Waals surface area contributed by atoms with E-state index in [1.165, 1.54) is 44.9 Å². The molecule has 3 nitrogen and oxygen atoms in total. The van der Waals surface area contributed by atoms with E-state index in [0.29, 0.717) is 6.42 Å². The zero-order chi connectivity index (χ0) is 15.1. The molecule has 20 heavy (non-hydrogen) atoms. The lowest BCUT2D eigenvalue weighted by Crippen LogP contribution is -2.27. The van der Waals surface area contributed by atoms with Gasteiger partial charge in [-0.05, 0) is 32.1 Å². The van der Waals surface area contributed by atoms with E-state index >= 15 is 0 Å². The maximum atomic E-state index is 10.6. The minimum absolute atomic E-state index is 0.503. The third-order valence-electron chi connectivity index (χ3n) is 3.57. The van der Waals surface area contributed by atoms with E-state index in [-0.39, 0.29) is 0 Å². The molecule has 0 spiro atoms. The molecule has 1 atom stereocenters. The van der Waals surface area contributed by atoms with Gasteiger partial charge < -0.3 is 10.8 Å². The Labute approximate surface area is 124 Å². The van der Waals surface area contributed by atoms with Crippen molar-refractivity contribution in [3.05, 3.63) is 12.2 Å². The molecule has 0 saturated carbocycles. The first-order valence-electron chi connectivity index (χ1n) is 8.30. The number of amides is 1. The lowest BCUT2D eigenvalue weighted by atomic mass is 10.1. The maximum Gasteiger partial charge on any atom is 0.246 e. The summed E-state index contributed by atoms with van der Waals surface area (Å²) in [4.78, 5) is 10.6. The fraction of sp³-hybridized carbons (Fsp3) is 0.824. The summed E-state index contributed by atoms with van der Waals surface area (Å²) in [6.45, 7) is 2.24. The highest BCUT2D eigenvalue weighted by molar-refractivity contribution is 5.78. The molecule has 1 amide bonds. The number of carbonyl (C=O) groups excluding carboxylic acids is 1. The summed E-state index contributed by atoms with van der Waals surface area (Å²) in [7, 11) is 0. The van der Waals surface area contributed by atoms with Gasteiger partial charge in [0.15, 0.2) is 0 Å².